The van der Waals surface area contributed by atoms with Crippen LogP contribution >= 0.6 is 11.6 Å². The number of anilines is 2. The molecule has 7 nitrogen and oxygen atoms in total. The molecule has 0 unspecified atom stereocenters. The van der Waals surface area contributed by atoms with Crippen LogP contribution in [0.4, 0.5) is 33.7 Å². The number of alkyl halides is 3. The SMILES string of the molecule is O=C(Nc1ccc(Cl)c(C(F)(F)F)c1)Nc1ccc(Oc2ccc3ncc(-c4cccnc4)nc3c2)cc1F. The number of pyridine rings is 1. The van der Waals surface area contributed by atoms with Crippen LogP contribution in [0.3, 0.4) is 0 Å². The number of carbonyl (C=O) groups excluding carboxylic acids is 1. The van der Waals surface area contributed by atoms with E-state index in [2.05, 4.69) is 25.6 Å². The number of nitrogens with zero attached hydrogens (tertiary/aromatic N) is 3. The largest absolute Gasteiger partial charge is 0.457 e. The first-order valence-electron chi connectivity index (χ1n) is 11.2. The fraction of sp³-hybridized carbons (Fsp3) is 0.0370. The molecular formula is C27H16ClF4N5O2. The molecule has 0 bridgehead atoms. The Labute approximate surface area is 223 Å². The second-order valence-corrected chi connectivity index (χ2v) is 8.57. The van der Waals surface area contributed by atoms with Gasteiger partial charge in [0, 0.05) is 35.8 Å². The monoisotopic (exact) mass is 553 g/mol. The van der Waals surface area contributed by atoms with Crippen molar-refractivity contribution in [1.29, 1.82) is 0 Å². The number of urea groups is 1. The Morgan fingerprint density at radius 3 is 2.44 bits per heavy atom. The molecular weight excluding hydrogens is 538 g/mol. The summed E-state index contributed by atoms with van der Waals surface area (Å²) < 4.78 is 59.6. The van der Waals surface area contributed by atoms with Crippen molar-refractivity contribution in [3.63, 3.8) is 0 Å². The quantitative estimate of drug-likeness (QED) is 0.216. The van der Waals surface area contributed by atoms with E-state index in [1.807, 2.05) is 6.07 Å². The number of carbonyl (C=O) groups is 1. The third-order valence-electron chi connectivity index (χ3n) is 5.43. The molecule has 0 aliphatic rings. The molecule has 2 N–H and O–H groups in total. The molecule has 0 spiro atoms. The summed E-state index contributed by atoms with van der Waals surface area (Å²) in [5.41, 5.74) is 1.12. The highest BCUT2D eigenvalue weighted by Crippen LogP contribution is 2.36. The van der Waals surface area contributed by atoms with Gasteiger partial charge in [-0.15, -0.1) is 0 Å². The summed E-state index contributed by atoms with van der Waals surface area (Å²) in [4.78, 5) is 25.3. The molecule has 0 atom stereocenters. The third-order valence-corrected chi connectivity index (χ3v) is 5.75. The topological polar surface area (TPSA) is 89.0 Å². The minimum absolute atomic E-state index is 0.140. The van der Waals surface area contributed by atoms with Crippen molar-refractivity contribution < 1.29 is 27.1 Å². The van der Waals surface area contributed by atoms with Gasteiger partial charge in [-0.3, -0.25) is 9.97 Å². The molecule has 39 heavy (non-hydrogen) atoms. The maximum atomic E-state index is 14.7. The van der Waals surface area contributed by atoms with Crippen molar-refractivity contribution in [2.75, 3.05) is 10.6 Å². The van der Waals surface area contributed by atoms with E-state index in [1.165, 1.54) is 18.2 Å². The maximum Gasteiger partial charge on any atom is 0.417 e. The average Bonchev–Trinajstić information content (AvgIpc) is 2.91. The van der Waals surface area contributed by atoms with Crippen LogP contribution in [0.2, 0.25) is 5.02 Å². The molecule has 2 aromatic heterocycles. The number of nitrogens with one attached hydrogen (secondary N) is 2. The predicted octanol–water partition coefficient (Wildman–Crippen LogP) is 7.94. The number of amides is 2. The molecule has 0 radical (unpaired) electrons. The van der Waals surface area contributed by atoms with E-state index in [4.69, 9.17) is 16.3 Å². The van der Waals surface area contributed by atoms with Gasteiger partial charge in [-0.05, 0) is 54.6 Å². The van der Waals surface area contributed by atoms with Gasteiger partial charge in [0.1, 0.15) is 17.3 Å². The summed E-state index contributed by atoms with van der Waals surface area (Å²) in [5.74, 6) is -0.308. The number of ether oxygens (including phenoxy) is 1. The van der Waals surface area contributed by atoms with Crippen LogP contribution in [0.5, 0.6) is 11.5 Å². The minimum atomic E-state index is -4.70. The lowest BCUT2D eigenvalue weighted by molar-refractivity contribution is -0.137. The van der Waals surface area contributed by atoms with E-state index in [9.17, 15) is 22.4 Å². The zero-order valence-electron chi connectivity index (χ0n) is 19.6. The Bertz CT molecular complexity index is 1680. The van der Waals surface area contributed by atoms with Gasteiger partial charge in [-0.1, -0.05) is 11.6 Å². The lowest BCUT2D eigenvalue weighted by Crippen LogP contribution is -2.20. The third kappa shape index (κ3) is 6.04. The van der Waals surface area contributed by atoms with Gasteiger partial charge >= 0.3 is 12.2 Å². The van der Waals surface area contributed by atoms with Crippen LogP contribution in [0, 0.1) is 5.82 Å². The summed E-state index contributed by atoms with van der Waals surface area (Å²) in [6, 6.07) is 14.3. The van der Waals surface area contributed by atoms with Gasteiger partial charge < -0.3 is 15.4 Å². The fourth-order valence-corrected chi connectivity index (χ4v) is 3.83. The smallest absolute Gasteiger partial charge is 0.417 e. The van der Waals surface area contributed by atoms with Crippen molar-refractivity contribution >= 4 is 40.0 Å². The molecule has 3 aromatic carbocycles. The lowest BCUT2D eigenvalue weighted by Gasteiger charge is -2.13. The lowest BCUT2D eigenvalue weighted by atomic mass is 10.2. The molecule has 5 rings (SSSR count). The molecule has 12 heteroatoms. The van der Waals surface area contributed by atoms with Gasteiger partial charge in [0.05, 0.1) is 39.2 Å². The number of hydrogen-bond donors (Lipinski definition) is 2. The summed E-state index contributed by atoms with van der Waals surface area (Å²) in [7, 11) is 0. The Kier molecular flexibility index (Phi) is 6.99. The number of hydrogen-bond acceptors (Lipinski definition) is 5. The summed E-state index contributed by atoms with van der Waals surface area (Å²) in [6.45, 7) is 0. The zero-order valence-corrected chi connectivity index (χ0v) is 20.4. The van der Waals surface area contributed by atoms with Gasteiger partial charge in [0.25, 0.3) is 0 Å². The van der Waals surface area contributed by atoms with Gasteiger partial charge in [-0.25, -0.2) is 14.2 Å². The van der Waals surface area contributed by atoms with E-state index < -0.39 is 28.6 Å². The van der Waals surface area contributed by atoms with E-state index in [-0.39, 0.29) is 17.1 Å². The molecule has 2 heterocycles. The van der Waals surface area contributed by atoms with E-state index in [0.717, 1.165) is 17.7 Å². The highest BCUT2D eigenvalue weighted by atomic mass is 35.5. The average molecular weight is 554 g/mol. The number of aromatic nitrogens is 3. The minimum Gasteiger partial charge on any atom is -0.457 e. The summed E-state index contributed by atoms with van der Waals surface area (Å²) >= 11 is 5.58. The maximum absolute atomic E-state index is 14.7. The van der Waals surface area contributed by atoms with Gasteiger partial charge in [0.15, 0.2) is 0 Å². The molecule has 2 amide bonds. The van der Waals surface area contributed by atoms with Crippen LogP contribution in [0.25, 0.3) is 22.3 Å². The Morgan fingerprint density at radius 2 is 1.69 bits per heavy atom. The van der Waals surface area contributed by atoms with Crippen molar-refractivity contribution in [3.05, 3.63) is 102 Å². The second kappa shape index (κ2) is 10.5. The highest BCUT2D eigenvalue weighted by molar-refractivity contribution is 6.31. The standard InChI is InChI=1S/C27H16ClF4N5O2/c28-20-6-3-16(10-19(20)27(30,31)32)35-26(38)37-22-7-4-17(11-21(22)29)39-18-5-8-23-24(12-18)36-25(14-34-23)15-2-1-9-33-13-15/h1-14H,(H2,35,37,38). The molecule has 0 saturated heterocycles. The first-order chi connectivity index (χ1) is 18.7. The van der Waals surface area contributed by atoms with Crippen LogP contribution in [0.1, 0.15) is 5.56 Å². The van der Waals surface area contributed by atoms with Crippen molar-refractivity contribution in [2.45, 2.75) is 6.18 Å². The zero-order chi connectivity index (χ0) is 27.6. The van der Waals surface area contributed by atoms with Crippen LogP contribution in [-0.2, 0) is 6.18 Å². The molecule has 196 valence electrons. The first-order valence-corrected chi connectivity index (χ1v) is 11.6. The van der Waals surface area contributed by atoms with E-state index in [1.54, 1.807) is 42.9 Å². The highest BCUT2D eigenvalue weighted by Gasteiger charge is 2.33. The number of benzene rings is 3. The van der Waals surface area contributed by atoms with Crippen molar-refractivity contribution in [2.24, 2.45) is 0 Å². The normalized spacial score (nSPS) is 11.3. The second-order valence-electron chi connectivity index (χ2n) is 8.16. The number of rotatable bonds is 5. The van der Waals surface area contributed by atoms with Crippen LogP contribution < -0.4 is 15.4 Å². The number of halogens is 5. The van der Waals surface area contributed by atoms with Crippen LogP contribution in [0.15, 0.2) is 85.3 Å². The van der Waals surface area contributed by atoms with Crippen molar-refractivity contribution in [3.8, 4) is 22.8 Å². The Balaban J connectivity index is 1.28. The van der Waals surface area contributed by atoms with Gasteiger partial charge in [-0.2, -0.15) is 13.2 Å². The molecule has 5 aromatic rings. The van der Waals surface area contributed by atoms with Crippen LogP contribution in [-0.4, -0.2) is 21.0 Å². The predicted molar refractivity (Wildman–Crippen MR) is 138 cm³/mol. The van der Waals surface area contributed by atoms with Gasteiger partial charge in [0.2, 0.25) is 0 Å². The molecule has 0 aliphatic heterocycles. The molecule has 0 aliphatic carbocycles. The Hall–Kier alpha value is -4.77. The first kappa shape index (κ1) is 25.9. The summed E-state index contributed by atoms with van der Waals surface area (Å²) in [5, 5.41) is 3.96. The van der Waals surface area contributed by atoms with E-state index >= 15 is 0 Å². The molecule has 0 saturated carbocycles. The van der Waals surface area contributed by atoms with Crippen molar-refractivity contribution in [1.82, 2.24) is 15.0 Å². The summed E-state index contributed by atoms with van der Waals surface area (Å²) in [6.07, 6.45) is 0.263. The fourth-order valence-electron chi connectivity index (χ4n) is 3.61. The number of fused-ring (bicyclic) bond motifs is 1. The molecule has 0 fully saturated rings. The Morgan fingerprint density at radius 1 is 0.897 bits per heavy atom. The van der Waals surface area contributed by atoms with E-state index in [0.29, 0.717) is 28.5 Å².